The fourth-order valence-corrected chi connectivity index (χ4v) is 15.3. The third kappa shape index (κ3) is 30.0. The summed E-state index contributed by atoms with van der Waals surface area (Å²) in [6, 6.07) is 0. The minimum atomic E-state index is -0.882. The standard InChI is InChI=1S/C18H34O6S12/c19-9-29-11-31-14-34-18(22)8-25-3-5-35(23)15-28-2-1-27-13-33-17(21)7-26-4-6-36(24)16-32-12-30-10-20/h19-20H,1-16H2. The first-order valence-corrected chi connectivity index (χ1v) is 24.5. The van der Waals surface area contributed by atoms with Crippen molar-refractivity contribution in [3.63, 3.8) is 0 Å². The molecule has 0 amide bonds. The van der Waals surface area contributed by atoms with Crippen LogP contribution in [0.1, 0.15) is 0 Å². The summed E-state index contributed by atoms with van der Waals surface area (Å²) < 4.78 is 23.9. The van der Waals surface area contributed by atoms with Crippen molar-refractivity contribution < 1.29 is 28.2 Å². The normalized spacial score (nSPS) is 13.1. The minimum absolute atomic E-state index is 0.0886. The lowest BCUT2D eigenvalue weighted by molar-refractivity contribution is -0.109. The van der Waals surface area contributed by atoms with Crippen molar-refractivity contribution in [2.75, 3.05) is 88.4 Å². The van der Waals surface area contributed by atoms with E-state index in [1.165, 1.54) is 70.6 Å². The van der Waals surface area contributed by atoms with Crippen molar-refractivity contribution in [3.05, 3.63) is 0 Å². The van der Waals surface area contributed by atoms with Gasteiger partial charge in [0.2, 0.25) is 0 Å². The number of carbonyl (C=O) groups excluding carboxylic acids is 2. The molecule has 2 N–H and O–H groups in total. The Balaban J connectivity index is 3.43. The molecule has 0 fully saturated rings. The van der Waals surface area contributed by atoms with Gasteiger partial charge in [-0.15, -0.1) is 70.6 Å². The fourth-order valence-electron chi connectivity index (χ4n) is 1.71. The Labute approximate surface area is 263 Å². The molecule has 36 heavy (non-hydrogen) atoms. The molecule has 2 atom stereocenters. The molecule has 0 aliphatic heterocycles. The number of hydrogen-bond donors (Lipinski definition) is 2. The molecule has 0 aromatic rings. The molecule has 0 bridgehead atoms. The molecule has 2 unspecified atom stereocenters. The second-order valence-corrected chi connectivity index (χ2v) is 21.7. The van der Waals surface area contributed by atoms with E-state index in [9.17, 15) is 18.0 Å². The minimum Gasteiger partial charge on any atom is -0.386 e. The number of thioether (sulfide) groups is 10. The molecule has 0 aromatic heterocycles. The quantitative estimate of drug-likeness (QED) is 0.0913. The molecule has 0 aliphatic carbocycles. The van der Waals surface area contributed by atoms with E-state index in [-0.39, 0.29) is 22.1 Å². The average Bonchev–Trinajstić information content (AvgIpc) is 2.86. The molecule has 0 radical (unpaired) electrons. The lowest BCUT2D eigenvalue weighted by Crippen LogP contribution is -2.06. The van der Waals surface area contributed by atoms with Crippen molar-refractivity contribution in [2.45, 2.75) is 0 Å². The van der Waals surface area contributed by atoms with E-state index >= 15 is 0 Å². The highest BCUT2D eigenvalue weighted by Gasteiger charge is 2.07. The van der Waals surface area contributed by atoms with E-state index in [4.69, 9.17) is 10.2 Å². The summed E-state index contributed by atoms with van der Waals surface area (Å²) in [6.07, 6.45) is 0. The van der Waals surface area contributed by atoms with E-state index in [1.807, 2.05) is 0 Å². The molecule has 0 aromatic carbocycles. The Hall–Kier alpha value is 3.06. The summed E-state index contributed by atoms with van der Waals surface area (Å²) in [4.78, 5) is 23.7. The molecule has 6 nitrogen and oxygen atoms in total. The molecule has 0 rings (SSSR count). The van der Waals surface area contributed by atoms with Crippen molar-refractivity contribution >= 4 is 149 Å². The molecule has 0 spiro atoms. The first kappa shape index (κ1) is 39.1. The Kier molecular flexibility index (Phi) is 33.6. The van der Waals surface area contributed by atoms with Crippen molar-refractivity contribution in [1.29, 1.82) is 0 Å². The zero-order valence-corrected chi connectivity index (χ0v) is 29.5. The Bertz CT molecular complexity index is 601. The smallest absolute Gasteiger partial charge is 0.199 e. The Morgan fingerprint density at radius 1 is 0.528 bits per heavy atom. The number of aliphatic hydroxyl groups is 2. The molecular weight excluding hydrogens is 697 g/mol. The summed E-state index contributed by atoms with van der Waals surface area (Å²) in [6.45, 7) is 0. The van der Waals surface area contributed by atoms with E-state index < -0.39 is 21.6 Å². The van der Waals surface area contributed by atoms with Crippen LogP contribution in [0.5, 0.6) is 0 Å². The number of rotatable bonds is 27. The predicted octanol–water partition coefficient (Wildman–Crippen LogP) is 4.51. The fraction of sp³-hybridized carbons (Fsp3) is 0.889. The van der Waals surface area contributed by atoms with Gasteiger partial charge in [-0.1, -0.05) is 23.5 Å². The van der Waals surface area contributed by atoms with Crippen molar-refractivity contribution in [2.24, 2.45) is 0 Å². The van der Waals surface area contributed by atoms with Gasteiger partial charge in [0, 0.05) is 76.5 Å². The van der Waals surface area contributed by atoms with Crippen LogP contribution in [0.4, 0.5) is 0 Å². The second kappa shape index (κ2) is 31.0. The second-order valence-electron chi connectivity index (χ2n) is 6.02. The first-order chi connectivity index (χ1) is 17.5. The van der Waals surface area contributed by atoms with Crippen molar-refractivity contribution in [3.8, 4) is 0 Å². The van der Waals surface area contributed by atoms with E-state index in [0.717, 1.165) is 32.5 Å². The topological polar surface area (TPSA) is 109 Å². The number of carbonyl (C=O) groups is 2. The van der Waals surface area contributed by atoms with E-state index in [2.05, 4.69) is 0 Å². The average molecular weight is 731 g/mol. The van der Waals surface area contributed by atoms with Crippen LogP contribution < -0.4 is 0 Å². The predicted molar refractivity (Wildman–Crippen MR) is 185 cm³/mol. The zero-order valence-electron chi connectivity index (χ0n) is 19.7. The molecule has 0 saturated carbocycles. The maximum absolute atomic E-state index is 12.1. The summed E-state index contributed by atoms with van der Waals surface area (Å²) in [5, 5.41) is 21.8. The molecule has 214 valence electrons. The Morgan fingerprint density at radius 2 is 1.00 bits per heavy atom. The van der Waals surface area contributed by atoms with Crippen LogP contribution in [0.25, 0.3) is 0 Å². The molecular formula is C18H34O6S12. The van der Waals surface area contributed by atoms with Crippen LogP contribution >= 0.6 is 118 Å². The summed E-state index contributed by atoms with van der Waals surface area (Å²) in [7, 11) is -1.76. The van der Waals surface area contributed by atoms with Gasteiger partial charge in [0.1, 0.15) is 0 Å². The maximum Gasteiger partial charge on any atom is 0.199 e. The number of hydrogen-bond acceptors (Lipinski definition) is 16. The third-order valence-electron chi connectivity index (χ3n) is 3.27. The SMILES string of the molecule is O=C(CSCCS(=O)CSCSCO)SCSCCSCS(=O)CCSCC(=O)SCSCSCO. The van der Waals surface area contributed by atoms with E-state index in [1.54, 1.807) is 47.0 Å². The van der Waals surface area contributed by atoms with Crippen LogP contribution in [-0.4, -0.2) is 117 Å². The molecule has 18 heteroatoms. The molecule has 0 aliphatic rings. The van der Waals surface area contributed by atoms with Gasteiger partial charge in [-0.25, -0.2) is 0 Å². The van der Waals surface area contributed by atoms with Crippen LogP contribution in [-0.2, 0) is 31.2 Å². The van der Waals surface area contributed by atoms with Gasteiger partial charge in [0.25, 0.3) is 0 Å². The van der Waals surface area contributed by atoms with Crippen LogP contribution in [0.15, 0.2) is 0 Å². The van der Waals surface area contributed by atoms with Crippen LogP contribution in [0.2, 0.25) is 0 Å². The number of aliphatic hydroxyl groups excluding tert-OH is 2. The molecule has 0 saturated heterocycles. The first-order valence-electron chi connectivity index (χ1n) is 10.3. The zero-order chi connectivity index (χ0) is 26.7. The summed E-state index contributed by atoms with van der Waals surface area (Å²) in [5.41, 5.74) is 0. The van der Waals surface area contributed by atoms with Gasteiger partial charge >= 0.3 is 0 Å². The molecule has 0 heterocycles. The van der Waals surface area contributed by atoms with Gasteiger partial charge in [0.15, 0.2) is 10.2 Å². The third-order valence-corrected chi connectivity index (χ3v) is 18.3. The maximum atomic E-state index is 12.1. The van der Waals surface area contributed by atoms with Gasteiger partial charge in [0.05, 0.1) is 33.6 Å². The van der Waals surface area contributed by atoms with E-state index in [0.29, 0.717) is 44.0 Å². The lowest BCUT2D eigenvalue weighted by Gasteiger charge is -2.04. The van der Waals surface area contributed by atoms with Gasteiger partial charge < -0.3 is 10.2 Å². The Morgan fingerprint density at radius 3 is 1.56 bits per heavy atom. The summed E-state index contributed by atoms with van der Waals surface area (Å²) in [5.74, 6) is 5.51. The van der Waals surface area contributed by atoms with Crippen LogP contribution in [0, 0.1) is 0 Å². The van der Waals surface area contributed by atoms with Gasteiger partial charge in [-0.3, -0.25) is 18.0 Å². The lowest BCUT2D eigenvalue weighted by atomic mass is 10.9. The summed E-state index contributed by atoms with van der Waals surface area (Å²) >= 11 is 15.1. The largest absolute Gasteiger partial charge is 0.386 e. The monoisotopic (exact) mass is 730 g/mol. The highest BCUT2D eigenvalue weighted by Crippen LogP contribution is 2.20. The highest BCUT2D eigenvalue weighted by molar-refractivity contribution is 8.28. The van der Waals surface area contributed by atoms with Crippen LogP contribution in [0.3, 0.4) is 0 Å². The van der Waals surface area contributed by atoms with Gasteiger partial charge in [-0.05, 0) is 0 Å². The van der Waals surface area contributed by atoms with Crippen molar-refractivity contribution in [1.82, 2.24) is 0 Å². The van der Waals surface area contributed by atoms with Gasteiger partial charge in [-0.2, -0.15) is 23.5 Å². The highest BCUT2D eigenvalue weighted by atomic mass is 32.3.